The Morgan fingerprint density at radius 3 is 1.78 bits per heavy atom. The van der Waals surface area contributed by atoms with Crippen molar-refractivity contribution in [3.63, 3.8) is 0 Å². The molecule has 1 nitrogen and oxygen atoms in total. The fraction of sp³-hybridized carbons (Fsp3) is 0.333. The molecule has 3 heteroatoms. The summed E-state index contributed by atoms with van der Waals surface area (Å²) in [5, 5.41) is 3.26. The van der Waals surface area contributed by atoms with Crippen molar-refractivity contribution in [3.05, 3.63) is 23.6 Å². The minimum absolute atomic E-state index is 1.02. The van der Waals surface area contributed by atoms with Gasteiger partial charge in [-0.1, -0.05) is 12.2 Å². The van der Waals surface area contributed by atoms with Gasteiger partial charge in [0, 0.05) is 33.6 Å². The minimum atomic E-state index is 1.02. The van der Waals surface area contributed by atoms with Gasteiger partial charge in [0.2, 0.25) is 0 Å². The summed E-state index contributed by atoms with van der Waals surface area (Å²) in [6.07, 6.45) is 4.35. The van der Waals surface area contributed by atoms with Crippen LogP contribution in [0.5, 0.6) is 0 Å². The third kappa shape index (κ3) is 7.87. The number of hydrogen-bond acceptors (Lipinski definition) is 1. The average molecular weight is 157 g/mol. The highest BCUT2D eigenvalue weighted by Crippen LogP contribution is 1.65. The maximum absolute atomic E-state index is 3.26. The second-order valence-electron chi connectivity index (χ2n) is 1.80. The summed E-state index contributed by atoms with van der Waals surface area (Å²) in [5.74, 6) is 0. The highest BCUT2D eigenvalue weighted by Gasteiger charge is 1.72. The molecule has 0 aliphatic carbocycles. The van der Waals surface area contributed by atoms with E-state index in [2.05, 4.69) is 28.9 Å². The minimum Gasteiger partial charge on any atom is -0.310 e. The molecule has 1 N–H and O–H groups in total. The van der Waals surface area contributed by atoms with Gasteiger partial charge in [-0.05, 0) is 0 Å². The first kappa shape index (κ1) is 8.87. The SMILES string of the molecule is [SiH3]C=CCNCC=C[SiH3]. The van der Waals surface area contributed by atoms with Crippen molar-refractivity contribution < 1.29 is 0 Å². The van der Waals surface area contributed by atoms with Crippen molar-refractivity contribution in [1.82, 2.24) is 5.32 Å². The largest absolute Gasteiger partial charge is 0.310 e. The molecule has 0 aromatic heterocycles. The second-order valence-corrected chi connectivity index (χ2v) is 3.13. The van der Waals surface area contributed by atoms with Gasteiger partial charge in [0.05, 0.1) is 0 Å². The predicted molar refractivity (Wildman–Crippen MR) is 51.0 cm³/mol. The summed E-state index contributed by atoms with van der Waals surface area (Å²) >= 11 is 0. The molecule has 9 heavy (non-hydrogen) atoms. The van der Waals surface area contributed by atoms with Gasteiger partial charge < -0.3 is 5.32 Å². The normalized spacial score (nSPS) is 12.4. The van der Waals surface area contributed by atoms with E-state index in [-0.39, 0.29) is 0 Å². The van der Waals surface area contributed by atoms with E-state index in [1.165, 1.54) is 20.5 Å². The van der Waals surface area contributed by atoms with Crippen molar-refractivity contribution in [2.45, 2.75) is 0 Å². The van der Waals surface area contributed by atoms with E-state index in [0.717, 1.165) is 13.1 Å². The van der Waals surface area contributed by atoms with E-state index in [1.54, 1.807) is 0 Å². The molecule has 0 aromatic rings. The molecule has 0 unspecified atom stereocenters. The van der Waals surface area contributed by atoms with Gasteiger partial charge in [-0.3, -0.25) is 0 Å². The van der Waals surface area contributed by atoms with Crippen LogP contribution in [0.3, 0.4) is 0 Å². The molecule has 0 atom stereocenters. The van der Waals surface area contributed by atoms with Crippen molar-refractivity contribution >= 4 is 20.5 Å². The van der Waals surface area contributed by atoms with Gasteiger partial charge in [-0.25, -0.2) is 0 Å². The van der Waals surface area contributed by atoms with Crippen LogP contribution in [0.1, 0.15) is 0 Å². The maximum Gasteiger partial charge on any atom is 0.0287 e. The molecule has 0 bridgehead atoms. The lowest BCUT2D eigenvalue weighted by atomic mass is 10.5. The van der Waals surface area contributed by atoms with Gasteiger partial charge in [0.25, 0.3) is 0 Å². The van der Waals surface area contributed by atoms with Crippen LogP contribution in [0.2, 0.25) is 0 Å². The first-order valence-corrected chi connectivity index (χ1v) is 5.65. The highest BCUT2D eigenvalue weighted by atomic mass is 28.1. The zero-order valence-corrected chi connectivity index (χ0v) is 10.2. The van der Waals surface area contributed by atoms with Gasteiger partial charge >= 0.3 is 0 Å². The Balaban J connectivity index is 2.91. The molecule has 0 aliphatic rings. The lowest BCUT2D eigenvalue weighted by molar-refractivity contribution is 0.844. The smallest absolute Gasteiger partial charge is 0.0287 e. The zero-order valence-electron chi connectivity index (χ0n) is 6.22. The van der Waals surface area contributed by atoms with Crippen LogP contribution in [0.4, 0.5) is 0 Å². The van der Waals surface area contributed by atoms with Crippen molar-refractivity contribution in [2.75, 3.05) is 13.1 Å². The highest BCUT2D eigenvalue weighted by molar-refractivity contribution is 6.17. The Kier molecular flexibility index (Phi) is 7.76. The van der Waals surface area contributed by atoms with Crippen LogP contribution < -0.4 is 5.32 Å². The maximum atomic E-state index is 3.26. The summed E-state index contributed by atoms with van der Waals surface area (Å²) < 4.78 is 0. The van der Waals surface area contributed by atoms with E-state index >= 15 is 0 Å². The molecule has 0 saturated heterocycles. The van der Waals surface area contributed by atoms with Gasteiger partial charge in [-0.2, -0.15) is 0 Å². The molecule has 52 valence electrons. The first-order valence-electron chi connectivity index (χ1n) is 3.34. The number of nitrogens with one attached hydrogen (secondary N) is 1. The van der Waals surface area contributed by atoms with E-state index in [4.69, 9.17) is 0 Å². The lowest BCUT2D eigenvalue weighted by Gasteiger charge is -1.92. The summed E-state index contributed by atoms with van der Waals surface area (Å²) in [5.41, 5.74) is 4.38. The Labute approximate surface area is 63.1 Å². The molecular weight excluding hydrogens is 142 g/mol. The van der Waals surface area contributed by atoms with Gasteiger partial charge in [-0.15, -0.1) is 11.4 Å². The third-order valence-corrected chi connectivity index (χ3v) is 1.94. The molecule has 0 radical (unpaired) electrons. The number of rotatable bonds is 4. The fourth-order valence-corrected chi connectivity index (χ4v) is 0.957. The Bertz CT molecular complexity index is 87.2. The topological polar surface area (TPSA) is 12.0 Å². The van der Waals surface area contributed by atoms with Crippen molar-refractivity contribution in [3.8, 4) is 0 Å². The van der Waals surface area contributed by atoms with Crippen LogP contribution in [0.15, 0.2) is 23.6 Å². The molecule has 0 heterocycles. The molecule has 0 aromatic carbocycles. The summed E-state index contributed by atoms with van der Waals surface area (Å²) in [6, 6.07) is 0. The molecule has 0 rings (SSSR count). The van der Waals surface area contributed by atoms with E-state index in [1.807, 2.05) is 0 Å². The van der Waals surface area contributed by atoms with Gasteiger partial charge in [0.15, 0.2) is 0 Å². The predicted octanol–water partition coefficient (Wildman–Crippen LogP) is -1.67. The summed E-state index contributed by atoms with van der Waals surface area (Å²) in [4.78, 5) is 0. The average Bonchev–Trinajstić information content (AvgIpc) is 1.89. The summed E-state index contributed by atoms with van der Waals surface area (Å²) in [7, 11) is 2.35. The Hall–Kier alpha value is -0.126. The van der Waals surface area contributed by atoms with E-state index < -0.39 is 0 Å². The molecule has 0 spiro atoms. The van der Waals surface area contributed by atoms with E-state index in [0.29, 0.717) is 0 Å². The monoisotopic (exact) mass is 157 g/mol. The molecular formula is C6H15NSi2. The number of hydrogen-bond donors (Lipinski definition) is 1. The molecule has 0 aliphatic heterocycles. The van der Waals surface area contributed by atoms with Crippen molar-refractivity contribution in [1.29, 1.82) is 0 Å². The van der Waals surface area contributed by atoms with Crippen LogP contribution in [0.25, 0.3) is 0 Å². The Morgan fingerprint density at radius 2 is 1.44 bits per heavy atom. The molecule has 0 fully saturated rings. The molecule has 0 amide bonds. The quantitative estimate of drug-likeness (QED) is 0.380. The van der Waals surface area contributed by atoms with Crippen LogP contribution in [-0.4, -0.2) is 33.6 Å². The third-order valence-electron chi connectivity index (χ3n) is 0.996. The Morgan fingerprint density at radius 1 is 1.00 bits per heavy atom. The first-order chi connectivity index (χ1) is 4.41. The lowest BCUT2D eigenvalue weighted by Crippen LogP contribution is -2.12. The second kappa shape index (κ2) is 7.87. The van der Waals surface area contributed by atoms with Crippen LogP contribution in [0, 0.1) is 0 Å². The standard InChI is InChI=1S/C6H15NSi2/c8-5-1-3-7-4-2-6-9/h1-2,5-7H,3-4H2,8-9H3. The van der Waals surface area contributed by atoms with Crippen molar-refractivity contribution in [2.24, 2.45) is 0 Å². The zero-order chi connectivity index (χ0) is 6.95. The molecule has 0 saturated carbocycles. The van der Waals surface area contributed by atoms with Crippen LogP contribution >= 0.6 is 0 Å². The van der Waals surface area contributed by atoms with E-state index in [9.17, 15) is 0 Å². The van der Waals surface area contributed by atoms with Gasteiger partial charge in [0.1, 0.15) is 0 Å². The summed E-state index contributed by atoms with van der Waals surface area (Å²) in [6.45, 7) is 2.05. The van der Waals surface area contributed by atoms with Crippen LogP contribution in [-0.2, 0) is 0 Å². The fourth-order valence-electron chi connectivity index (χ4n) is 0.486.